The van der Waals surface area contributed by atoms with E-state index >= 15 is 0 Å². The summed E-state index contributed by atoms with van der Waals surface area (Å²) < 4.78 is 7.01. The molecule has 0 fully saturated rings. The number of methoxy groups -OCH3 is 1. The van der Waals surface area contributed by atoms with Gasteiger partial charge in [-0.15, -0.1) is 0 Å². The zero-order valence-electron chi connectivity index (χ0n) is 18.2. The number of carbonyl (C=O) groups is 1. The Balaban J connectivity index is 1.85. The third-order valence-corrected chi connectivity index (χ3v) is 4.49. The molecule has 0 bridgehead atoms. The molecule has 8 nitrogen and oxygen atoms in total. The van der Waals surface area contributed by atoms with Crippen LogP contribution in [0.15, 0.2) is 35.5 Å². The highest BCUT2D eigenvalue weighted by Gasteiger charge is 2.15. The summed E-state index contributed by atoms with van der Waals surface area (Å²) >= 11 is 0. The van der Waals surface area contributed by atoms with Gasteiger partial charge in [0, 0.05) is 58.1 Å². The SMILES string of the molecule is CN=C(NCCNC(=O)c1cccc(OC)c1)N(C)Cc1cn(C)nc1C(C)C. The predicted molar refractivity (Wildman–Crippen MR) is 115 cm³/mol. The second kappa shape index (κ2) is 10.5. The molecule has 0 saturated carbocycles. The Kier molecular flexibility index (Phi) is 8.06. The van der Waals surface area contributed by atoms with Gasteiger partial charge in [-0.25, -0.2) is 0 Å². The highest BCUT2D eigenvalue weighted by Crippen LogP contribution is 2.18. The van der Waals surface area contributed by atoms with Crippen molar-refractivity contribution < 1.29 is 9.53 Å². The smallest absolute Gasteiger partial charge is 0.251 e. The second-order valence-corrected chi connectivity index (χ2v) is 7.19. The lowest BCUT2D eigenvalue weighted by atomic mass is 10.1. The van der Waals surface area contributed by atoms with Crippen LogP contribution in [0.1, 0.15) is 41.4 Å². The number of nitrogens with one attached hydrogen (secondary N) is 2. The molecule has 158 valence electrons. The highest BCUT2D eigenvalue weighted by molar-refractivity contribution is 5.94. The van der Waals surface area contributed by atoms with Crippen molar-refractivity contribution in [1.82, 2.24) is 25.3 Å². The van der Waals surface area contributed by atoms with Crippen molar-refractivity contribution in [2.24, 2.45) is 12.0 Å². The lowest BCUT2D eigenvalue weighted by Crippen LogP contribution is -2.42. The fourth-order valence-electron chi connectivity index (χ4n) is 3.09. The number of ether oxygens (including phenoxy) is 1. The summed E-state index contributed by atoms with van der Waals surface area (Å²) in [5.74, 6) is 1.65. The zero-order chi connectivity index (χ0) is 21.4. The topological polar surface area (TPSA) is 83.8 Å². The minimum Gasteiger partial charge on any atom is -0.497 e. The Morgan fingerprint density at radius 1 is 1.31 bits per heavy atom. The fourth-order valence-corrected chi connectivity index (χ4v) is 3.09. The van der Waals surface area contributed by atoms with Crippen LogP contribution in [0.5, 0.6) is 5.75 Å². The van der Waals surface area contributed by atoms with Crippen LogP contribution in [0, 0.1) is 0 Å². The largest absolute Gasteiger partial charge is 0.497 e. The van der Waals surface area contributed by atoms with Gasteiger partial charge in [-0.1, -0.05) is 19.9 Å². The van der Waals surface area contributed by atoms with Gasteiger partial charge in [-0.3, -0.25) is 14.5 Å². The van der Waals surface area contributed by atoms with Crippen molar-refractivity contribution in [3.8, 4) is 5.75 Å². The van der Waals surface area contributed by atoms with Crippen LogP contribution in [-0.4, -0.2) is 60.8 Å². The van der Waals surface area contributed by atoms with E-state index in [9.17, 15) is 4.79 Å². The molecule has 1 heterocycles. The van der Waals surface area contributed by atoms with Crippen LogP contribution in [0.2, 0.25) is 0 Å². The number of benzene rings is 1. The molecule has 0 radical (unpaired) electrons. The van der Waals surface area contributed by atoms with E-state index in [-0.39, 0.29) is 5.91 Å². The average molecular weight is 401 g/mol. The van der Waals surface area contributed by atoms with E-state index in [1.165, 1.54) is 5.56 Å². The first kappa shape index (κ1) is 22.3. The van der Waals surface area contributed by atoms with Gasteiger partial charge >= 0.3 is 0 Å². The van der Waals surface area contributed by atoms with E-state index < -0.39 is 0 Å². The predicted octanol–water partition coefficient (Wildman–Crippen LogP) is 1.99. The molecule has 1 aromatic carbocycles. The Labute approximate surface area is 173 Å². The standard InChI is InChI=1S/C21H32N6O2/c1-15(2)19-17(14-27(5)25-19)13-26(4)21(22-3)24-11-10-23-20(28)16-8-7-9-18(12-16)29-6/h7-9,12,14-15H,10-11,13H2,1-6H3,(H,22,24)(H,23,28). The van der Waals surface area contributed by atoms with Gasteiger partial charge in [0.15, 0.2) is 5.96 Å². The maximum absolute atomic E-state index is 12.3. The third-order valence-electron chi connectivity index (χ3n) is 4.49. The van der Waals surface area contributed by atoms with Crippen molar-refractivity contribution >= 4 is 11.9 Å². The number of aromatic nitrogens is 2. The third kappa shape index (κ3) is 6.23. The average Bonchev–Trinajstić information content (AvgIpc) is 3.08. The van der Waals surface area contributed by atoms with E-state index in [0.29, 0.717) is 36.9 Å². The summed E-state index contributed by atoms with van der Waals surface area (Å²) in [6.45, 7) is 6.04. The lowest BCUT2D eigenvalue weighted by molar-refractivity contribution is 0.0954. The first-order valence-corrected chi connectivity index (χ1v) is 9.72. The van der Waals surface area contributed by atoms with E-state index in [2.05, 4.69) is 34.6 Å². The van der Waals surface area contributed by atoms with Crippen LogP contribution >= 0.6 is 0 Å². The van der Waals surface area contributed by atoms with Crippen molar-refractivity contribution in [2.45, 2.75) is 26.3 Å². The van der Waals surface area contributed by atoms with E-state index in [4.69, 9.17) is 4.74 Å². The molecule has 1 amide bonds. The van der Waals surface area contributed by atoms with Gasteiger partial charge in [0.1, 0.15) is 5.75 Å². The summed E-state index contributed by atoms with van der Waals surface area (Å²) in [5.41, 5.74) is 2.85. The molecule has 8 heteroatoms. The molecule has 0 aliphatic carbocycles. The molecule has 2 rings (SSSR count). The Morgan fingerprint density at radius 3 is 2.69 bits per heavy atom. The van der Waals surface area contributed by atoms with Crippen molar-refractivity contribution in [1.29, 1.82) is 0 Å². The number of aliphatic imine (C=N–C) groups is 1. The first-order valence-electron chi connectivity index (χ1n) is 9.72. The van der Waals surface area contributed by atoms with E-state index in [1.54, 1.807) is 32.4 Å². The molecule has 0 aliphatic heterocycles. The number of amides is 1. The number of guanidine groups is 1. The van der Waals surface area contributed by atoms with Crippen molar-refractivity contribution in [2.75, 3.05) is 34.3 Å². The fraction of sp³-hybridized carbons (Fsp3) is 0.476. The zero-order valence-corrected chi connectivity index (χ0v) is 18.2. The molecule has 29 heavy (non-hydrogen) atoms. The number of hydrogen-bond donors (Lipinski definition) is 2. The van der Waals surface area contributed by atoms with Gasteiger partial charge in [0.05, 0.1) is 12.8 Å². The summed E-state index contributed by atoms with van der Waals surface area (Å²) in [6.07, 6.45) is 2.05. The lowest BCUT2D eigenvalue weighted by Gasteiger charge is -2.22. The normalized spacial score (nSPS) is 11.5. The number of carbonyl (C=O) groups excluding carboxylic acids is 1. The Hall–Kier alpha value is -3.03. The summed E-state index contributed by atoms with van der Waals surface area (Å²) in [5, 5.41) is 10.7. The molecule has 0 unspecified atom stereocenters. The molecular weight excluding hydrogens is 368 g/mol. The molecule has 0 saturated heterocycles. The van der Waals surface area contributed by atoms with Crippen LogP contribution in [0.4, 0.5) is 0 Å². The second-order valence-electron chi connectivity index (χ2n) is 7.19. The van der Waals surface area contributed by atoms with Crippen LogP contribution < -0.4 is 15.4 Å². The van der Waals surface area contributed by atoms with Crippen LogP contribution in [0.25, 0.3) is 0 Å². The van der Waals surface area contributed by atoms with Crippen molar-refractivity contribution in [3.63, 3.8) is 0 Å². The molecular formula is C21H32N6O2. The maximum atomic E-state index is 12.3. The van der Waals surface area contributed by atoms with E-state index in [1.807, 2.05) is 35.9 Å². The molecule has 2 N–H and O–H groups in total. The van der Waals surface area contributed by atoms with Crippen LogP contribution in [0.3, 0.4) is 0 Å². The minimum absolute atomic E-state index is 0.133. The minimum atomic E-state index is -0.133. The quantitative estimate of drug-likeness (QED) is 0.402. The number of rotatable bonds is 8. The Bertz CT molecular complexity index is 843. The summed E-state index contributed by atoms with van der Waals surface area (Å²) in [7, 11) is 7.26. The number of nitrogens with zero attached hydrogens (tertiary/aromatic N) is 4. The van der Waals surface area contributed by atoms with Gasteiger partial charge < -0.3 is 20.3 Å². The number of hydrogen-bond acceptors (Lipinski definition) is 4. The Morgan fingerprint density at radius 2 is 2.03 bits per heavy atom. The summed E-state index contributed by atoms with van der Waals surface area (Å²) in [4.78, 5) is 18.6. The van der Waals surface area contributed by atoms with Gasteiger partial charge in [0.2, 0.25) is 0 Å². The van der Waals surface area contributed by atoms with Gasteiger partial charge in [-0.2, -0.15) is 5.10 Å². The molecule has 0 spiro atoms. The van der Waals surface area contributed by atoms with Gasteiger partial charge in [0.25, 0.3) is 5.91 Å². The molecule has 0 aliphatic rings. The van der Waals surface area contributed by atoms with Gasteiger partial charge in [-0.05, 0) is 24.1 Å². The highest BCUT2D eigenvalue weighted by atomic mass is 16.5. The number of aryl methyl sites for hydroxylation is 1. The first-order chi connectivity index (χ1) is 13.8. The van der Waals surface area contributed by atoms with Crippen molar-refractivity contribution in [3.05, 3.63) is 47.3 Å². The maximum Gasteiger partial charge on any atom is 0.251 e. The molecule has 0 atom stereocenters. The summed E-state index contributed by atoms with van der Waals surface area (Å²) in [6, 6.07) is 7.09. The van der Waals surface area contributed by atoms with E-state index in [0.717, 1.165) is 11.7 Å². The molecule has 2 aromatic rings. The molecule has 1 aromatic heterocycles. The monoisotopic (exact) mass is 400 g/mol. The van der Waals surface area contributed by atoms with Crippen LogP contribution in [-0.2, 0) is 13.6 Å².